The molecule has 0 radical (unpaired) electrons. The quantitative estimate of drug-likeness (QED) is 0.136. The molecular formula is C21H47N3O5P+. The van der Waals surface area contributed by atoms with Crippen molar-refractivity contribution in [1.29, 1.82) is 0 Å². The van der Waals surface area contributed by atoms with Gasteiger partial charge in [-0.2, -0.15) is 0 Å². The molecule has 0 rings (SSSR count). The molecular weight excluding hydrogens is 405 g/mol. The summed E-state index contributed by atoms with van der Waals surface area (Å²) in [4.78, 5) is 22.3. The molecule has 0 aromatic carbocycles. The Morgan fingerprint density at radius 2 is 1.63 bits per heavy atom. The lowest BCUT2D eigenvalue weighted by Crippen LogP contribution is -2.49. The van der Waals surface area contributed by atoms with Crippen molar-refractivity contribution in [3.63, 3.8) is 0 Å². The number of aliphatic hydroxyl groups excluding tert-OH is 1. The molecule has 30 heavy (non-hydrogen) atoms. The van der Waals surface area contributed by atoms with Crippen molar-refractivity contribution >= 4 is 13.7 Å². The molecule has 1 amide bonds. The van der Waals surface area contributed by atoms with Crippen molar-refractivity contribution < 1.29 is 28.4 Å². The van der Waals surface area contributed by atoms with Crippen LogP contribution in [-0.2, 0) is 13.9 Å². The number of nitrogens with one attached hydrogen (secondary N) is 2. The smallest absolute Gasteiger partial charge is 0.391 e. The largest absolute Gasteiger partial charge is 0.403 e. The van der Waals surface area contributed by atoms with Crippen LogP contribution >= 0.6 is 7.75 Å². The molecule has 0 aliphatic rings. The first-order valence-electron chi connectivity index (χ1n) is 11.5. The van der Waals surface area contributed by atoms with Crippen molar-refractivity contribution in [3.8, 4) is 0 Å². The lowest BCUT2D eigenvalue weighted by Gasteiger charge is -2.27. The molecule has 9 heteroatoms. The van der Waals surface area contributed by atoms with E-state index in [9.17, 15) is 19.4 Å². The second kappa shape index (κ2) is 16.2. The number of aliphatic hydroxyl groups is 1. The topological polar surface area (TPSA) is 108 Å². The van der Waals surface area contributed by atoms with E-state index in [1.807, 2.05) is 21.1 Å². The fraction of sp³-hybridized carbons (Fsp3) is 0.952. The molecule has 0 fully saturated rings. The molecule has 0 heterocycles. The van der Waals surface area contributed by atoms with Crippen molar-refractivity contribution in [2.75, 3.05) is 40.8 Å². The van der Waals surface area contributed by atoms with E-state index >= 15 is 0 Å². The van der Waals surface area contributed by atoms with Gasteiger partial charge in [-0.1, -0.05) is 58.8 Å². The highest BCUT2D eigenvalue weighted by Gasteiger charge is 2.26. The van der Waals surface area contributed by atoms with E-state index in [-0.39, 0.29) is 19.1 Å². The van der Waals surface area contributed by atoms with Gasteiger partial charge >= 0.3 is 7.75 Å². The third-order valence-electron chi connectivity index (χ3n) is 4.96. The Bertz CT molecular complexity index is 500. The number of carbonyl (C=O) groups excluding carboxylic acids is 1. The lowest BCUT2D eigenvalue weighted by molar-refractivity contribution is -0.870. The van der Waals surface area contributed by atoms with Gasteiger partial charge in [-0.15, -0.1) is 0 Å². The predicted molar refractivity (Wildman–Crippen MR) is 122 cm³/mol. The molecule has 0 aromatic rings. The van der Waals surface area contributed by atoms with Crippen LogP contribution in [0.5, 0.6) is 0 Å². The third-order valence-corrected chi connectivity index (χ3v) is 6.08. The van der Waals surface area contributed by atoms with Gasteiger partial charge in [0.25, 0.3) is 0 Å². The zero-order valence-electron chi connectivity index (χ0n) is 19.9. The highest BCUT2D eigenvalue weighted by molar-refractivity contribution is 7.50. The lowest BCUT2D eigenvalue weighted by atomic mass is 10.0. The van der Waals surface area contributed by atoms with E-state index in [1.54, 1.807) is 0 Å². The summed E-state index contributed by atoms with van der Waals surface area (Å²) in [6, 6.07) is -0.632. The van der Waals surface area contributed by atoms with Gasteiger partial charge in [0.2, 0.25) is 5.91 Å². The normalized spacial score (nSPS) is 16.1. The SMILES string of the molecule is CCCCCCC[C@H](O)[C@H](CNP(=O)(O)OCC[N+](C)(C)C)NC(=O)CCCCC. The van der Waals surface area contributed by atoms with Gasteiger partial charge in [0.05, 0.1) is 33.3 Å². The number of quaternary nitrogens is 1. The first-order chi connectivity index (χ1) is 14.0. The molecule has 0 aromatic heterocycles. The maximum atomic E-state index is 12.3. The summed E-state index contributed by atoms with van der Waals surface area (Å²) < 4.78 is 18.0. The Labute approximate surface area is 183 Å². The van der Waals surface area contributed by atoms with Gasteiger partial charge in [-0.05, 0) is 12.8 Å². The number of amides is 1. The number of likely N-dealkylation sites (N-methyl/N-ethyl adjacent to an activating group) is 1. The summed E-state index contributed by atoms with van der Waals surface area (Å²) in [5.74, 6) is -0.140. The van der Waals surface area contributed by atoms with E-state index < -0.39 is 19.9 Å². The third kappa shape index (κ3) is 17.2. The van der Waals surface area contributed by atoms with E-state index in [0.29, 0.717) is 23.9 Å². The maximum Gasteiger partial charge on any atom is 0.403 e. The number of rotatable bonds is 19. The first-order valence-corrected chi connectivity index (χ1v) is 13.1. The van der Waals surface area contributed by atoms with Crippen molar-refractivity contribution in [1.82, 2.24) is 10.4 Å². The van der Waals surface area contributed by atoms with Crippen molar-refractivity contribution in [2.24, 2.45) is 0 Å². The van der Waals surface area contributed by atoms with E-state index in [2.05, 4.69) is 24.3 Å². The van der Waals surface area contributed by atoms with Gasteiger partial charge in [-0.3, -0.25) is 9.32 Å². The second-order valence-corrected chi connectivity index (χ2v) is 10.7. The van der Waals surface area contributed by atoms with Gasteiger partial charge in [-0.25, -0.2) is 9.65 Å². The summed E-state index contributed by atoms with van der Waals surface area (Å²) in [6.07, 6.45) is 8.30. The van der Waals surface area contributed by atoms with Gasteiger partial charge in [0.1, 0.15) is 13.2 Å². The van der Waals surface area contributed by atoms with Gasteiger partial charge < -0.3 is 19.8 Å². The average molecular weight is 453 g/mol. The fourth-order valence-electron chi connectivity index (χ4n) is 2.95. The van der Waals surface area contributed by atoms with Crippen LogP contribution in [0.3, 0.4) is 0 Å². The average Bonchev–Trinajstić information content (AvgIpc) is 2.63. The highest BCUT2D eigenvalue weighted by Crippen LogP contribution is 2.36. The highest BCUT2D eigenvalue weighted by atomic mass is 31.2. The minimum Gasteiger partial charge on any atom is -0.391 e. The Hall–Kier alpha value is -0.500. The van der Waals surface area contributed by atoms with E-state index in [1.165, 1.54) is 6.42 Å². The molecule has 180 valence electrons. The maximum absolute atomic E-state index is 12.3. The fourth-order valence-corrected chi connectivity index (χ4v) is 3.80. The summed E-state index contributed by atoms with van der Waals surface area (Å²) >= 11 is 0. The molecule has 0 aliphatic heterocycles. The predicted octanol–water partition coefficient (Wildman–Crippen LogP) is 3.19. The summed E-state index contributed by atoms with van der Waals surface area (Å²) in [5.41, 5.74) is 0. The van der Waals surface area contributed by atoms with Crippen LogP contribution in [-0.4, -0.2) is 73.4 Å². The Balaban J connectivity index is 4.68. The molecule has 0 bridgehead atoms. The minimum absolute atomic E-state index is 0.0200. The molecule has 4 N–H and O–H groups in total. The summed E-state index contributed by atoms with van der Waals surface area (Å²) in [7, 11) is 1.91. The second-order valence-electron chi connectivity index (χ2n) is 9.13. The number of carbonyl (C=O) groups is 1. The molecule has 0 saturated heterocycles. The zero-order valence-corrected chi connectivity index (χ0v) is 20.8. The zero-order chi connectivity index (χ0) is 23.0. The van der Waals surface area contributed by atoms with Crippen LogP contribution in [0, 0.1) is 0 Å². The number of hydrogen-bond acceptors (Lipinski definition) is 4. The number of hydrogen-bond donors (Lipinski definition) is 4. The van der Waals surface area contributed by atoms with Crippen LogP contribution in [0.1, 0.15) is 78.1 Å². The molecule has 3 atom stereocenters. The first kappa shape index (κ1) is 29.5. The number of nitrogens with zero attached hydrogens (tertiary/aromatic N) is 1. The van der Waals surface area contributed by atoms with Crippen LogP contribution in [0.15, 0.2) is 0 Å². The van der Waals surface area contributed by atoms with E-state index in [4.69, 9.17) is 4.52 Å². The summed E-state index contributed by atoms with van der Waals surface area (Å²) in [6.45, 7) is 4.93. The molecule has 0 aliphatic carbocycles. The van der Waals surface area contributed by atoms with Crippen molar-refractivity contribution in [2.45, 2.75) is 90.2 Å². The minimum atomic E-state index is -4.00. The molecule has 0 spiro atoms. The summed E-state index contributed by atoms with van der Waals surface area (Å²) in [5, 5.41) is 16.0. The Kier molecular flexibility index (Phi) is 15.9. The van der Waals surface area contributed by atoms with Crippen LogP contribution < -0.4 is 10.4 Å². The molecule has 0 saturated carbocycles. The van der Waals surface area contributed by atoms with Crippen molar-refractivity contribution in [3.05, 3.63) is 0 Å². The van der Waals surface area contributed by atoms with Crippen LogP contribution in [0.25, 0.3) is 0 Å². The molecule has 8 nitrogen and oxygen atoms in total. The number of unbranched alkanes of at least 4 members (excludes halogenated alkanes) is 6. The van der Waals surface area contributed by atoms with Gasteiger partial charge in [0.15, 0.2) is 0 Å². The monoisotopic (exact) mass is 452 g/mol. The van der Waals surface area contributed by atoms with Crippen LogP contribution in [0.2, 0.25) is 0 Å². The molecule has 1 unspecified atom stereocenters. The van der Waals surface area contributed by atoms with E-state index in [0.717, 1.165) is 44.9 Å². The Morgan fingerprint density at radius 3 is 2.23 bits per heavy atom. The van der Waals surface area contributed by atoms with Crippen LogP contribution in [0.4, 0.5) is 0 Å². The van der Waals surface area contributed by atoms with Gasteiger partial charge in [0, 0.05) is 13.0 Å². The Morgan fingerprint density at radius 1 is 1.03 bits per heavy atom. The standard InChI is InChI=1S/C21H46N3O5P/c1-6-8-10-11-13-14-20(25)19(23-21(26)15-12-9-7-2)18-22-30(27,28)29-17-16-24(3,4)5/h19-20,25H,6-18H2,1-5H3,(H2-,22,23,26,27,28)/p+1/t19-,20-/m0/s1.